The SMILES string of the molecule is Cn1c(=O)c(CN(CCN2CCCC(CNC(=O)OC(C)(C)C)C2)C(=O)C2CCCCC2)cc2ccccc21. The fraction of sp³-hybridized carbons (Fsp3) is 0.645. The summed E-state index contributed by atoms with van der Waals surface area (Å²) in [6.07, 6.45) is 7.01. The largest absolute Gasteiger partial charge is 0.444 e. The maximum atomic E-state index is 13.7. The molecule has 0 radical (unpaired) electrons. The lowest BCUT2D eigenvalue weighted by molar-refractivity contribution is -0.137. The molecule has 2 aliphatic rings. The van der Waals surface area contributed by atoms with E-state index in [1.165, 1.54) is 6.42 Å². The summed E-state index contributed by atoms with van der Waals surface area (Å²) in [5, 5.41) is 3.94. The Labute approximate surface area is 232 Å². The van der Waals surface area contributed by atoms with Crippen LogP contribution in [0, 0.1) is 11.8 Å². The van der Waals surface area contributed by atoms with Crippen LogP contribution >= 0.6 is 0 Å². The number of likely N-dealkylation sites (tertiary alicyclic amines) is 1. The molecule has 1 saturated heterocycles. The summed E-state index contributed by atoms with van der Waals surface area (Å²) in [6, 6.07) is 9.85. The Kier molecular flexibility index (Phi) is 9.70. The van der Waals surface area contributed by atoms with Crippen molar-refractivity contribution in [2.45, 2.75) is 77.9 Å². The van der Waals surface area contributed by atoms with Gasteiger partial charge < -0.3 is 24.4 Å². The fourth-order valence-corrected chi connectivity index (χ4v) is 6.01. The van der Waals surface area contributed by atoms with Crippen molar-refractivity contribution in [1.82, 2.24) is 19.7 Å². The molecule has 1 atom stereocenters. The van der Waals surface area contributed by atoms with Gasteiger partial charge >= 0.3 is 6.09 Å². The maximum Gasteiger partial charge on any atom is 0.407 e. The molecule has 2 amide bonds. The molecule has 1 saturated carbocycles. The van der Waals surface area contributed by atoms with E-state index in [9.17, 15) is 14.4 Å². The van der Waals surface area contributed by atoms with Crippen molar-refractivity contribution in [3.63, 3.8) is 0 Å². The van der Waals surface area contributed by atoms with E-state index in [0.29, 0.717) is 31.1 Å². The maximum absolute atomic E-state index is 13.7. The Bertz CT molecular complexity index is 1200. The van der Waals surface area contributed by atoms with Crippen molar-refractivity contribution in [2.24, 2.45) is 18.9 Å². The van der Waals surface area contributed by atoms with Crippen molar-refractivity contribution < 1.29 is 14.3 Å². The molecular formula is C31H46N4O4. The van der Waals surface area contributed by atoms with Crippen LogP contribution in [0.15, 0.2) is 35.1 Å². The number of carbonyl (C=O) groups is 2. The van der Waals surface area contributed by atoms with Crippen molar-refractivity contribution >= 4 is 22.9 Å². The lowest BCUT2D eigenvalue weighted by Gasteiger charge is -2.35. The van der Waals surface area contributed by atoms with E-state index in [2.05, 4.69) is 10.2 Å². The molecular weight excluding hydrogens is 492 g/mol. The average Bonchev–Trinajstić information content (AvgIpc) is 2.92. The molecule has 2 fully saturated rings. The predicted octanol–water partition coefficient (Wildman–Crippen LogP) is 4.68. The molecule has 4 rings (SSSR count). The molecule has 1 aliphatic heterocycles. The molecule has 8 nitrogen and oxygen atoms in total. The van der Waals surface area contributed by atoms with E-state index in [-0.39, 0.29) is 23.5 Å². The Balaban J connectivity index is 1.42. The second-order valence-electron chi connectivity index (χ2n) is 12.4. The number of hydrogen-bond donors (Lipinski definition) is 1. The number of nitrogens with one attached hydrogen (secondary N) is 1. The number of carbonyl (C=O) groups excluding carboxylic acids is 2. The van der Waals surface area contributed by atoms with Gasteiger partial charge in [-0.25, -0.2) is 4.79 Å². The second-order valence-corrected chi connectivity index (χ2v) is 12.4. The van der Waals surface area contributed by atoms with Gasteiger partial charge in [0.15, 0.2) is 0 Å². The van der Waals surface area contributed by atoms with Gasteiger partial charge in [-0.3, -0.25) is 9.59 Å². The van der Waals surface area contributed by atoms with Crippen molar-refractivity contribution in [1.29, 1.82) is 0 Å². The summed E-state index contributed by atoms with van der Waals surface area (Å²) < 4.78 is 7.08. The van der Waals surface area contributed by atoms with Crippen LogP contribution in [0.4, 0.5) is 4.79 Å². The minimum atomic E-state index is -0.511. The van der Waals surface area contributed by atoms with Crippen LogP contribution in [0.3, 0.4) is 0 Å². The zero-order chi connectivity index (χ0) is 28.0. The monoisotopic (exact) mass is 538 g/mol. The molecule has 8 heteroatoms. The third-order valence-electron chi connectivity index (χ3n) is 8.06. The number of aryl methyl sites for hydroxylation is 1. The normalized spacial score (nSPS) is 19.1. The fourth-order valence-electron chi connectivity index (χ4n) is 6.01. The molecule has 39 heavy (non-hydrogen) atoms. The summed E-state index contributed by atoms with van der Waals surface area (Å²) in [5.41, 5.74) is 1.01. The Morgan fingerprint density at radius 3 is 2.56 bits per heavy atom. The van der Waals surface area contributed by atoms with Crippen molar-refractivity contribution in [3.8, 4) is 0 Å². The number of nitrogens with zero attached hydrogens (tertiary/aromatic N) is 3. The average molecular weight is 539 g/mol. The van der Waals surface area contributed by atoms with Gasteiger partial charge in [-0.2, -0.15) is 0 Å². The van der Waals surface area contributed by atoms with Crippen molar-refractivity contribution in [2.75, 3.05) is 32.7 Å². The number of para-hydroxylation sites is 1. The summed E-state index contributed by atoms with van der Waals surface area (Å²) in [4.78, 5) is 43.4. The van der Waals surface area contributed by atoms with Gasteiger partial charge in [0, 0.05) is 44.7 Å². The summed E-state index contributed by atoms with van der Waals surface area (Å²) in [5.74, 6) is 0.585. The summed E-state index contributed by atoms with van der Waals surface area (Å²) >= 11 is 0. The smallest absolute Gasteiger partial charge is 0.407 e. The van der Waals surface area contributed by atoms with E-state index in [0.717, 1.165) is 69.1 Å². The number of rotatable bonds is 8. The van der Waals surface area contributed by atoms with Crippen LogP contribution in [0.1, 0.15) is 71.3 Å². The zero-order valence-corrected chi connectivity index (χ0v) is 24.2. The van der Waals surface area contributed by atoms with Gasteiger partial charge in [0.25, 0.3) is 5.56 Å². The first-order valence-corrected chi connectivity index (χ1v) is 14.7. The van der Waals surface area contributed by atoms with E-state index in [1.807, 2.05) is 56.0 Å². The Morgan fingerprint density at radius 1 is 1.08 bits per heavy atom. The molecule has 2 heterocycles. The zero-order valence-electron chi connectivity index (χ0n) is 24.2. The van der Waals surface area contributed by atoms with Crippen LogP contribution in [0.5, 0.6) is 0 Å². The third-order valence-corrected chi connectivity index (χ3v) is 8.06. The Morgan fingerprint density at radius 2 is 1.82 bits per heavy atom. The van der Waals surface area contributed by atoms with Gasteiger partial charge in [0.05, 0.1) is 12.1 Å². The lowest BCUT2D eigenvalue weighted by atomic mass is 9.88. The topological polar surface area (TPSA) is 83.9 Å². The number of benzene rings is 1. The van der Waals surface area contributed by atoms with E-state index in [4.69, 9.17) is 4.74 Å². The first-order chi connectivity index (χ1) is 18.6. The van der Waals surface area contributed by atoms with Crippen LogP contribution in [-0.4, -0.2) is 64.7 Å². The molecule has 1 N–H and O–H groups in total. The van der Waals surface area contributed by atoms with Gasteiger partial charge in [-0.1, -0.05) is 37.5 Å². The van der Waals surface area contributed by atoms with Crippen LogP contribution in [-0.2, 0) is 23.1 Å². The molecule has 1 aromatic carbocycles. The number of hydrogen-bond acceptors (Lipinski definition) is 5. The lowest BCUT2D eigenvalue weighted by Crippen LogP contribution is -2.46. The number of alkyl carbamates (subject to hydrolysis) is 1. The number of aromatic nitrogens is 1. The minimum absolute atomic E-state index is 0.0404. The molecule has 0 spiro atoms. The highest BCUT2D eigenvalue weighted by atomic mass is 16.6. The quantitative estimate of drug-likeness (QED) is 0.528. The summed E-state index contributed by atoms with van der Waals surface area (Å²) in [6.45, 7) is 9.72. The van der Waals surface area contributed by atoms with E-state index in [1.54, 1.807) is 11.6 Å². The highest BCUT2D eigenvalue weighted by Crippen LogP contribution is 2.26. The number of ether oxygens (including phenoxy) is 1. The summed E-state index contributed by atoms with van der Waals surface area (Å²) in [7, 11) is 1.81. The molecule has 1 aromatic heterocycles. The number of fused-ring (bicyclic) bond motifs is 1. The van der Waals surface area contributed by atoms with Crippen LogP contribution in [0.25, 0.3) is 10.9 Å². The molecule has 2 aromatic rings. The third kappa shape index (κ3) is 8.07. The van der Waals surface area contributed by atoms with Crippen molar-refractivity contribution in [3.05, 3.63) is 46.2 Å². The molecule has 1 unspecified atom stereocenters. The van der Waals surface area contributed by atoms with E-state index >= 15 is 0 Å². The van der Waals surface area contributed by atoms with Gasteiger partial charge in [0.2, 0.25) is 5.91 Å². The van der Waals surface area contributed by atoms with E-state index < -0.39 is 5.60 Å². The van der Waals surface area contributed by atoms with Gasteiger partial charge in [-0.15, -0.1) is 0 Å². The number of pyridine rings is 1. The number of piperidine rings is 1. The second kappa shape index (κ2) is 13.0. The first kappa shape index (κ1) is 29.1. The van der Waals surface area contributed by atoms with Crippen LogP contribution in [0.2, 0.25) is 0 Å². The standard InChI is InChI=1S/C31H46N4O4/c1-31(2,3)39-30(38)32-20-23-11-10-16-34(21-23)17-18-35(29(37)24-12-6-5-7-13-24)22-26-19-25-14-8-9-15-27(25)33(4)28(26)36/h8-9,14-15,19,23-24H,5-7,10-13,16-18,20-22H2,1-4H3,(H,32,38). The van der Waals surface area contributed by atoms with Gasteiger partial charge in [0.1, 0.15) is 5.60 Å². The minimum Gasteiger partial charge on any atom is -0.444 e. The number of amides is 2. The Hall–Kier alpha value is -2.87. The van der Waals surface area contributed by atoms with Crippen LogP contribution < -0.4 is 10.9 Å². The van der Waals surface area contributed by atoms with Gasteiger partial charge in [-0.05, 0) is 76.4 Å². The molecule has 214 valence electrons. The first-order valence-electron chi connectivity index (χ1n) is 14.7. The predicted molar refractivity (Wildman–Crippen MR) is 155 cm³/mol. The highest BCUT2D eigenvalue weighted by molar-refractivity contribution is 5.81. The molecule has 0 bridgehead atoms. The highest BCUT2D eigenvalue weighted by Gasteiger charge is 2.28. The molecule has 1 aliphatic carbocycles.